The smallest absolute Gasteiger partial charge is 0.166 e. The monoisotopic (exact) mass is 247 g/mol. The van der Waals surface area contributed by atoms with E-state index in [1.54, 1.807) is 18.5 Å². The van der Waals surface area contributed by atoms with Crippen molar-refractivity contribution in [3.63, 3.8) is 0 Å². The molecule has 0 N–H and O–H groups in total. The molecule has 0 saturated heterocycles. The second-order valence-electron chi connectivity index (χ2n) is 3.91. The van der Waals surface area contributed by atoms with E-state index in [0.29, 0.717) is 6.42 Å². The van der Waals surface area contributed by atoms with Crippen LogP contribution in [0.5, 0.6) is 0 Å². The molecule has 0 aliphatic heterocycles. The molecule has 1 aromatic heterocycles. The second-order valence-corrected chi connectivity index (χ2v) is 3.91. The number of benzene rings is 1. The normalized spacial score (nSPS) is 10.3. The first-order chi connectivity index (χ1) is 8.66. The number of hydrogen-bond donors (Lipinski definition) is 0. The van der Waals surface area contributed by atoms with Gasteiger partial charge in [0.25, 0.3) is 0 Å². The summed E-state index contributed by atoms with van der Waals surface area (Å²) in [6.45, 7) is 0. The zero-order valence-corrected chi connectivity index (χ0v) is 9.57. The van der Waals surface area contributed by atoms with Crippen molar-refractivity contribution in [3.8, 4) is 0 Å². The van der Waals surface area contributed by atoms with E-state index in [4.69, 9.17) is 0 Å². The summed E-state index contributed by atoms with van der Waals surface area (Å²) in [6.07, 6.45) is 3.97. The van der Waals surface area contributed by atoms with Crippen LogP contribution in [0.1, 0.15) is 22.3 Å². The lowest BCUT2D eigenvalue weighted by Gasteiger charge is -2.03. The SMILES string of the molecule is O=C(CCc1cccnc1)c1ccc(F)cc1F. The van der Waals surface area contributed by atoms with Crippen LogP contribution in [0.15, 0.2) is 42.7 Å². The Morgan fingerprint density at radius 3 is 2.72 bits per heavy atom. The molecule has 0 atom stereocenters. The molecule has 2 nitrogen and oxygen atoms in total. The van der Waals surface area contributed by atoms with E-state index in [2.05, 4.69) is 4.98 Å². The van der Waals surface area contributed by atoms with Crippen molar-refractivity contribution in [3.05, 3.63) is 65.5 Å². The van der Waals surface area contributed by atoms with Crippen molar-refractivity contribution < 1.29 is 13.6 Å². The molecular weight excluding hydrogens is 236 g/mol. The maximum Gasteiger partial charge on any atom is 0.166 e. The van der Waals surface area contributed by atoms with Crippen molar-refractivity contribution in [2.45, 2.75) is 12.8 Å². The Morgan fingerprint density at radius 1 is 1.22 bits per heavy atom. The lowest BCUT2D eigenvalue weighted by Crippen LogP contribution is -2.04. The first-order valence-electron chi connectivity index (χ1n) is 5.54. The molecule has 0 fully saturated rings. The second kappa shape index (κ2) is 5.49. The third-order valence-electron chi connectivity index (χ3n) is 2.60. The zero-order chi connectivity index (χ0) is 13.0. The van der Waals surface area contributed by atoms with E-state index in [1.807, 2.05) is 6.07 Å². The minimum absolute atomic E-state index is 0.0692. The van der Waals surface area contributed by atoms with Crippen LogP contribution in [-0.2, 0) is 6.42 Å². The van der Waals surface area contributed by atoms with Gasteiger partial charge in [0.15, 0.2) is 5.78 Å². The Balaban J connectivity index is 2.04. The number of aromatic nitrogens is 1. The molecule has 0 spiro atoms. The van der Waals surface area contributed by atoms with E-state index >= 15 is 0 Å². The van der Waals surface area contributed by atoms with Gasteiger partial charge in [-0.2, -0.15) is 0 Å². The summed E-state index contributed by atoms with van der Waals surface area (Å²) >= 11 is 0. The number of carbonyl (C=O) groups excluding carboxylic acids is 1. The average molecular weight is 247 g/mol. The maximum atomic E-state index is 13.4. The molecular formula is C14H11F2NO. The molecule has 0 aliphatic carbocycles. The van der Waals surface area contributed by atoms with Crippen molar-refractivity contribution >= 4 is 5.78 Å². The third-order valence-corrected chi connectivity index (χ3v) is 2.60. The van der Waals surface area contributed by atoms with E-state index in [9.17, 15) is 13.6 Å². The van der Waals surface area contributed by atoms with Gasteiger partial charge in [-0.15, -0.1) is 0 Å². The predicted molar refractivity (Wildman–Crippen MR) is 63.2 cm³/mol. The van der Waals surface area contributed by atoms with Crippen molar-refractivity contribution in [1.82, 2.24) is 4.98 Å². The molecule has 1 aromatic carbocycles. The van der Waals surface area contributed by atoms with Crippen LogP contribution in [0, 0.1) is 11.6 Å². The van der Waals surface area contributed by atoms with E-state index in [-0.39, 0.29) is 17.8 Å². The minimum atomic E-state index is -0.814. The highest BCUT2D eigenvalue weighted by atomic mass is 19.1. The van der Waals surface area contributed by atoms with Gasteiger partial charge in [0, 0.05) is 24.9 Å². The fourth-order valence-electron chi connectivity index (χ4n) is 1.65. The van der Waals surface area contributed by atoms with Crippen LogP contribution >= 0.6 is 0 Å². The van der Waals surface area contributed by atoms with Crippen LogP contribution in [-0.4, -0.2) is 10.8 Å². The molecule has 2 aromatic rings. The summed E-state index contributed by atoms with van der Waals surface area (Å²) in [5.41, 5.74) is 0.841. The molecule has 0 amide bonds. The number of aryl methyl sites for hydroxylation is 1. The molecule has 0 radical (unpaired) electrons. The van der Waals surface area contributed by atoms with Crippen molar-refractivity contribution in [1.29, 1.82) is 0 Å². The number of rotatable bonds is 4. The van der Waals surface area contributed by atoms with Gasteiger partial charge in [0.1, 0.15) is 11.6 Å². The lowest BCUT2D eigenvalue weighted by molar-refractivity contribution is 0.0979. The van der Waals surface area contributed by atoms with Crippen LogP contribution in [0.3, 0.4) is 0 Å². The van der Waals surface area contributed by atoms with E-state index in [1.165, 1.54) is 6.07 Å². The number of halogens is 2. The number of Topliss-reactive ketones (excluding diaryl/α,β-unsaturated/α-hetero) is 1. The van der Waals surface area contributed by atoms with Gasteiger partial charge in [-0.05, 0) is 30.2 Å². The summed E-state index contributed by atoms with van der Waals surface area (Å²) in [7, 11) is 0. The molecule has 0 unspecified atom stereocenters. The Morgan fingerprint density at radius 2 is 2.06 bits per heavy atom. The van der Waals surface area contributed by atoms with Gasteiger partial charge in [-0.1, -0.05) is 6.07 Å². The summed E-state index contributed by atoms with van der Waals surface area (Å²) < 4.78 is 26.1. The standard InChI is InChI=1S/C14H11F2NO/c15-11-4-5-12(13(16)8-11)14(18)6-3-10-2-1-7-17-9-10/h1-2,4-5,7-9H,3,6H2. The molecule has 0 bridgehead atoms. The van der Waals surface area contributed by atoms with Crippen molar-refractivity contribution in [2.75, 3.05) is 0 Å². The average Bonchev–Trinajstić information content (AvgIpc) is 2.37. The number of pyridine rings is 1. The third kappa shape index (κ3) is 2.97. The fraction of sp³-hybridized carbons (Fsp3) is 0.143. The molecule has 0 saturated carbocycles. The van der Waals surface area contributed by atoms with Crippen LogP contribution < -0.4 is 0 Å². The van der Waals surface area contributed by atoms with Gasteiger partial charge in [0.05, 0.1) is 5.56 Å². The summed E-state index contributed by atoms with van der Waals surface area (Å²) in [4.78, 5) is 15.7. The van der Waals surface area contributed by atoms with E-state index in [0.717, 1.165) is 17.7 Å². The lowest BCUT2D eigenvalue weighted by atomic mass is 10.0. The maximum absolute atomic E-state index is 13.4. The highest BCUT2D eigenvalue weighted by molar-refractivity contribution is 5.96. The highest BCUT2D eigenvalue weighted by Gasteiger charge is 2.12. The molecule has 92 valence electrons. The summed E-state index contributed by atoms with van der Waals surface area (Å²) in [5, 5.41) is 0. The van der Waals surface area contributed by atoms with Crippen molar-refractivity contribution in [2.24, 2.45) is 0 Å². The Kier molecular flexibility index (Phi) is 3.77. The molecule has 18 heavy (non-hydrogen) atoms. The first-order valence-corrected chi connectivity index (χ1v) is 5.54. The molecule has 4 heteroatoms. The van der Waals surface area contributed by atoms with Gasteiger partial charge < -0.3 is 0 Å². The number of ketones is 1. The Hall–Kier alpha value is -2.10. The molecule has 0 aliphatic rings. The Labute approximate surface area is 103 Å². The number of carbonyl (C=O) groups is 1. The van der Waals surface area contributed by atoms with Crippen LogP contribution in [0.2, 0.25) is 0 Å². The zero-order valence-electron chi connectivity index (χ0n) is 9.57. The summed E-state index contributed by atoms with van der Waals surface area (Å²) in [6, 6.07) is 6.60. The van der Waals surface area contributed by atoms with Gasteiger partial charge >= 0.3 is 0 Å². The predicted octanol–water partition coefficient (Wildman–Crippen LogP) is 3.18. The molecule has 2 rings (SSSR count). The molecule has 1 heterocycles. The van der Waals surface area contributed by atoms with Gasteiger partial charge in [0.2, 0.25) is 0 Å². The topological polar surface area (TPSA) is 30.0 Å². The van der Waals surface area contributed by atoms with E-state index < -0.39 is 11.6 Å². The van der Waals surface area contributed by atoms with Gasteiger partial charge in [-0.25, -0.2) is 8.78 Å². The minimum Gasteiger partial charge on any atom is -0.294 e. The highest BCUT2D eigenvalue weighted by Crippen LogP contribution is 2.13. The van der Waals surface area contributed by atoms with Crippen LogP contribution in [0.25, 0.3) is 0 Å². The number of hydrogen-bond acceptors (Lipinski definition) is 2. The first kappa shape index (κ1) is 12.4. The number of nitrogens with zero attached hydrogens (tertiary/aromatic N) is 1. The Bertz CT molecular complexity index is 555. The van der Waals surface area contributed by atoms with Crippen LogP contribution in [0.4, 0.5) is 8.78 Å². The van der Waals surface area contributed by atoms with Gasteiger partial charge in [-0.3, -0.25) is 9.78 Å². The largest absolute Gasteiger partial charge is 0.294 e. The summed E-state index contributed by atoms with van der Waals surface area (Å²) in [5.74, 6) is -1.83. The fourth-order valence-corrected chi connectivity index (χ4v) is 1.65. The quantitative estimate of drug-likeness (QED) is 0.777.